The van der Waals surface area contributed by atoms with Crippen molar-refractivity contribution in [3.8, 4) is 6.07 Å². The lowest BCUT2D eigenvalue weighted by molar-refractivity contribution is -0.140. The molecule has 2 aliphatic rings. The molecular formula is C16H26N2O2. The van der Waals surface area contributed by atoms with Gasteiger partial charge >= 0.3 is 0 Å². The van der Waals surface area contributed by atoms with E-state index in [0.717, 1.165) is 12.3 Å². The highest BCUT2D eigenvalue weighted by Crippen LogP contribution is 2.66. The average molecular weight is 278 g/mol. The molecule has 2 aliphatic carbocycles. The number of carbonyl (C=O) groups is 1. The van der Waals surface area contributed by atoms with Gasteiger partial charge in [-0.05, 0) is 36.0 Å². The summed E-state index contributed by atoms with van der Waals surface area (Å²) in [4.78, 5) is 13.6. The van der Waals surface area contributed by atoms with E-state index < -0.39 is 0 Å². The van der Waals surface area contributed by atoms with Crippen LogP contribution in [0.4, 0.5) is 0 Å². The van der Waals surface area contributed by atoms with Crippen molar-refractivity contribution in [1.82, 2.24) is 4.90 Å². The number of hydrogen-bond donors (Lipinski definition) is 0. The van der Waals surface area contributed by atoms with E-state index in [2.05, 4.69) is 26.8 Å². The second kappa shape index (κ2) is 5.37. The molecule has 0 aromatic rings. The van der Waals surface area contributed by atoms with Crippen molar-refractivity contribution in [3.63, 3.8) is 0 Å². The Morgan fingerprint density at radius 2 is 2.15 bits per heavy atom. The maximum atomic E-state index is 12.0. The Kier molecular flexibility index (Phi) is 4.11. The summed E-state index contributed by atoms with van der Waals surface area (Å²) >= 11 is 0. The number of likely N-dealkylation sites (N-methyl/N-ethyl adjacent to an activating group) is 1. The average Bonchev–Trinajstić information content (AvgIpc) is 2.74. The minimum Gasteiger partial charge on any atom is -0.368 e. The quantitative estimate of drug-likeness (QED) is 0.776. The van der Waals surface area contributed by atoms with Crippen LogP contribution < -0.4 is 0 Å². The molecule has 2 saturated carbocycles. The van der Waals surface area contributed by atoms with Gasteiger partial charge in [-0.3, -0.25) is 4.79 Å². The van der Waals surface area contributed by atoms with Crippen molar-refractivity contribution in [1.29, 1.82) is 5.26 Å². The van der Waals surface area contributed by atoms with Gasteiger partial charge in [0, 0.05) is 13.6 Å². The van der Waals surface area contributed by atoms with Crippen LogP contribution in [0.25, 0.3) is 0 Å². The Labute approximate surface area is 122 Å². The zero-order valence-electron chi connectivity index (χ0n) is 13.1. The van der Waals surface area contributed by atoms with Crippen molar-refractivity contribution in [3.05, 3.63) is 0 Å². The van der Waals surface area contributed by atoms with E-state index in [0.29, 0.717) is 18.4 Å². The summed E-state index contributed by atoms with van der Waals surface area (Å²) in [5.74, 6) is 0.702. The van der Waals surface area contributed by atoms with Crippen LogP contribution in [0.2, 0.25) is 0 Å². The highest BCUT2D eigenvalue weighted by molar-refractivity contribution is 5.77. The van der Waals surface area contributed by atoms with Crippen molar-refractivity contribution < 1.29 is 9.53 Å². The van der Waals surface area contributed by atoms with Crippen molar-refractivity contribution in [2.75, 3.05) is 20.2 Å². The summed E-state index contributed by atoms with van der Waals surface area (Å²) < 4.78 is 5.96. The Bertz CT molecular complexity index is 427. The van der Waals surface area contributed by atoms with Crippen molar-refractivity contribution >= 4 is 5.91 Å². The lowest BCUT2D eigenvalue weighted by Crippen LogP contribution is -2.40. The summed E-state index contributed by atoms with van der Waals surface area (Å²) in [7, 11) is 1.73. The Morgan fingerprint density at radius 1 is 1.45 bits per heavy atom. The van der Waals surface area contributed by atoms with Crippen molar-refractivity contribution in [2.45, 2.75) is 52.6 Å². The molecule has 0 spiro atoms. The summed E-state index contributed by atoms with van der Waals surface area (Å²) in [6, 6.07) is 2.05. The van der Waals surface area contributed by atoms with E-state index in [1.54, 1.807) is 11.9 Å². The number of carbonyl (C=O) groups excluding carboxylic acids is 1. The fourth-order valence-corrected chi connectivity index (χ4v) is 4.01. The molecule has 2 fully saturated rings. The zero-order valence-corrected chi connectivity index (χ0v) is 13.1. The second-order valence-corrected chi connectivity index (χ2v) is 7.13. The topological polar surface area (TPSA) is 53.3 Å². The van der Waals surface area contributed by atoms with E-state index >= 15 is 0 Å². The molecule has 2 rings (SSSR count). The number of hydrogen-bond acceptors (Lipinski definition) is 3. The Morgan fingerprint density at radius 3 is 2.65 bits per heavy atom. The third-order valence-electron chi connectivity index (χ3n) is 6.11. The number of ether oxygens (including phenoxy) is 1. The first-order chi connectivity index (χ1) is 9.33. The Balaban J connectivity index is 1.87. The van der Waals surface area contributed by atoms with E-state index in [-0.39, 0.29) is 24.0 Å². The molecule has 0 aromatic carbocycles. The monoisotopic (exact) mass is 278 g/mol. The van der Waals surface area contributed by atoms with Gasteiger partial charge in [0.05, 0.1) is 18.6 Å². The van der Waals surface area contributed by atoms with Crippen LogP contribution in [0.3, 0.4) is 0 Å². The molecule has 112 valence electrons. The lowest BCUT2D eigenvalue weighted by Gasteiger charge is -2.38. The number of nitrogens with zero attached hydrogens (tertiary/aromatic N) is 2. The van der Waals surface area contributed by atoms with Crippen LogP contribution in [0.1, 0.15) is 46.5 Å². The van der Waals surface area contributed by atoms with Crippen LogP contribution in [-0.2, 0) is 9.53 Å². The number of rotatable bonds is 5. The predicted molar refractivity (Wildman–Crippen MR) is 76.8 cm³/mol. The van der Waals surface area contributed by atoms with Gasteiger partial charge in [0.15, 0.2) is 0 Å². The largest absolute Gasteiger partial charge is 0.368 e. The lowest BCUT2D eigenvalue weighted by atomic mass is 9.70. The van der Waals surface area contributed by atoms with E-state index in [1.165, 1.54) is 12.8 Å². The minimum atomic E-state index is -0.0237. The maximum absolute atomic E-state index is 12.0. The van der Waals surface area contributed by atoms with E-state index in [9.17, 15) is 4.79 Å². The molecular weight excluding hydrogens is 252 g/mol. The van der Waals surface area contributed by atoms with E-state index in [4.69, 9.17) is 10.00 Å². The molecule has 4 heteroatoms. The first-order valence-corrected chi connectivity index (χ1v) is 7.55. The van der Waals surface area contributed by atoms with Crippen LogP contribution in [0.15, 0.2) is 0 Å². The molecule has 3 atom stereocenters. The summed E-state index contributed by atoms with van der Waals surface area (Å²) in [6.45, 7) is 7.62. The van der Waals surface area contributed by atoms with Crippen LogP contribution in [0.5, 0.6) is 0 Å². The van der Waals surface area contributed by atoms with Gasteiger partial charge in [-0.25, -0.2) is 0 Å². The highest BCUT2D eigenvalue weighted by atomic mass is 16.5. The van der Waals surface area contributed by atoms with Gasteiger partial charge in [-0.2, -0.15) is 5.26 Å². The fraction of sp³-hybridized carbons (Fsp3) is 0.875. The molecule has 0 radical (unpaired) electrons. The third-order valence-corrected chi connectivity index (χ3v) is 6.11. The maximum Gasteiger partial charge on any atom is 0.248 e. The second-order valence-electron chi connectivity index (χ2n) is 7.13. The summed E-state index contributed by atoms with van der Waals surface area (Å²) in [5.41, 5.74) is 0.511. The van der Waals surface area contributed by atoms with Crippen LogP contribution in [-0.4, -0.2) is 37.1 Å². The van der Waals surface area contributed by atoms with Gasteiger partial charge in [0.2, 0.25) is 5.91 Å². The molecule has 3 unspecified atom stereocenters. The molecule has 0 N–H and O–H groups in total. The highest BCUT2D eigenvalue weighted by Gasteiger charge is 2.61. The summed E-state index contributed by atoms with van der Waals surface area (Å²) in [5, 5.41) is 8.54. The normalized spacial score (nSPS) is 34.0. The van der Waals surface area contributed by atoms with Gasteiger partial charge in [0.1, 0.15) is 6.61 Å². The SMILES string of the molecule is CN(CCC#N)C(=O)COC1CC2CCC1(C)C2(C)C. The molecule has 20 heavy (non-hydrogen) atoms. The molecule has 0 aliphatic heterocycles. The van der Waals surface area contributed by atoms with Crippen LogP contribution in [0, 0.1) is 28.1 Å². The molecule has 0 heterocycles. The fourth-order valence-electron chi connectivity index (χ4n) is 4.01. The minimum absolute atomic E-state index is 0.0237. The van der Waals surface area contributed by atoms with Gasteiger partial charge in [0.25, 0.3) is 0 Å². The third kappa shape index (κ3) is 2.33. The first kappa shape index (κ1) is 15.3. The number of amides is 1. The van der Waals surface area contributed by atoms with Gasteiger partial charge < -0.3 is 9.64 Å². The van der Waals surface area contributed by atoms with Crippen molar-refractivity contribution in [2.24, 2.45) is 16.7 Å². The standard InChI is InChI=1S/C16H26N2O2/c1-15(2)12-6-7-16(15,3)13(10-12)20-11-14(19)18(4)9-5-8-17/h12-13H,5-7,9-11H2,1-4H3. The molecule has 0 saturated heterocycles. The molecule has 2 bridgehead atoms. The number of fused-ring (bicyclic) bond motifs is 2. The van der Waals surface area contributed by atoms with Gasteiger partial charge in [-0.15, -0.1) is 0 Å². The summed E-state index contributed by atoms with van der Waals surface area (Å²) in [6.07, 6.45) is 4.15. The van der Waals surface area contributed by atoms with E-state index in [1.807, 2.05) is 0 Å². The zero-order chi connectivity index (χ0) is 15.0. The number of nitriles is 1. The smallest absolute Gasteiger partial charge is 0.248 e. The van der Waals surface area contributed by atoms with Crippen LogP contribution >= 0.6 is 0 Å². The molecule has 0 aromatic heterocycles. The first-order valence-electron chi connectivity index (χ1n) is 7.55. The predicted octanol–water partition coefficient (Wildman–Crippen LogP) is 2.59. The van der Waals surface area contributed by atoms with Gasteiger partial charge in [-0.1, -0.05) is 20.8 Å². The Hall–Kier alpha value is -1.08. The molecule has 1 amide bonds. The molecule has 4 nitrogen and oxygen atoms in total.